The molecule has 0 spiro atoms. The molecule has 0 aromatic heterocycles. The smallest absolute Gasteiger partial charge is 0.00463 e. The molecule has 0 fully saturated rings. The Morgan fingerprint density at radius 1 is 0.750 bits per heavy atom. The summed E-state index contributed by atoms with van der Waals surface area (Å²) < 4.78 is 0. The van der Waals surface area contributed by atoms with Crippen molar-refractivity contribution < 1.29 is 0 Å². The molecule has 82 valence electrons. The number of hydrogen-bond acceptors (Lipinski definition) is 1. The molecule has 2 rings (SSSR count). The van der Waals surface area contributed by atoms with Crippen LogP contribution >= 0.6 is 12.6 Å². The van der Waals surface area contributed by atoms with E-state index in [4.69, 9.17) is 0 Å². The van der Waals surface area contributed by atoms with Gasteiger partial charge in [-0.25, -0.2) is 0 Å². The second-order valence-corrected chi connectivity index (χ2v) is 4.83. The minimum atomic E-state index is 1.02. The molecule has 16 heavy (non-hydrogen) atoms. The molecule has 0 aliphatic heterocycles. The molecular formula is C15H16S. The number of thiol groups is 1. The number of aryl methyl sites for hydroxylation is 3. The first-order valence-corrected chi connectivity index (χ1v) is 5.90. The predicted molar refractivity (Wildman–Crippen MR) is 73.3 cm³/mol. The lowest BCUT2D eigenvalue weighted by atomic mass is 9.95. The van der Waals surface area contributed by atoms with E-state index in [1.54, 1.807) is 0 Å². The van der Waals surface area contributed by atoms with Crippen LogP contribution in [0.25, 0.3) is 11.1 Å². The van der Waals surface area contributed by atoms with Crippen LogP contribution in [0.3, 0.4) is 0 Å². The molecule has 0 saturated carbocycles. The van der Waals surface area contributed by atoms with Gasteiger partial charge in [-0.05, 0) is 55.2 Å². The third kappa shape index (κ3) is 2.14. The fourth-order valence-corrected chi connectivity index (χ4v) is 2.13. The Morgan fingerprint density at radius 2 is 1.31 bits per heavy atom. The number of rotatable bonds is 1. The van der Waals surface area contributed by atoms with Crippen LogP contribution in [0.1, 0.15) is 16.7 Å². The molecule has 0 N–H and O–H groups in total. The molecule has 0 saturated heterocycles. The molecule has 1 heteroatoms. The fraction of sp³-hybridized carbons (Fsp3) is 0.200. The lowest BCUT2D eigenvalue weighted by molar-refractivity contribution is 1.34. The van der Waals surface area contributed by atoms with Gasteiger partial charge in [0.1, 0.15) is 0 Å². The van der Waals surface area contributed by atoms with Crippen molar-refractivity contribution in [2.75, 3.05) is 0 Å². The molecule has 0 heterocycles. The van der Waals surface area contributed by atoms with E-state index in [1.807, 2.05) is 6.07 Å². The van der Waals surface area contributed by atoms with Gasteiger partial charge in [-0.15, -0.1) is 12.6 Å². The van der Waals surface area contributed by atoms with Crippen LogP contribution in [0.15, 0.2) is 41.3 Å². The Kier molecular flexibility index (Phi) is 3.06. The Labute approximate surface area is 103 Å². The first kappa shape index (κ1) is 11.3. The van der Waals surface area contributed by atoms with Crippen molar-refractivity contribution >= 4 is 12.6 Å². The van der Waals surface area contributed by atoms with E-state index in [0.717, 1.165) is 4.90 Å². The summed E-state index contributed by atoms with van der Waals surface area (Å²) in [7, 11) is 0. The van der Waals surface area contributed by atoms with Crippen LogP contribution in [0.4, 0.5) is 0 Å². The average Bonchev–Trinajstić information content (AvgIpc) is 2.25. The molecule has 0 aliphatic rings. The largest absolute Gasteiger partial charge is 0.143 e. The summed E-state index contributed by atoms with van der Waals surface area (Å²) in [6, 6.07) is 12.9. The van der Waals surface area contributed by atoms with Gasteiger partial charge < -0.3 is 0 Å². The second-order valence-electron chi connectivity index (χ2n) is 4.32. The molecule has 2 aromatic rings. The van der Waals surface area contributed by atoms with E-state index in [-0.39, 0.29) is 0 Å². The van der Waals surface area contributed by atoms with Crippen LogP contribution in [0, 0.1) is 20.8 Å². The highest BCUT2D eigenvalue weighted by atomic mass is 32.1. The molecule has 0 amide bonds. The van der Waals surface area contributed by atoms with Crippen LogP contribution in [-0.2, 0) is 0 Å². The molecule has 0 bridgehead atoms. The van der Waals surface area contributed by atoms with E-state index in [1.165, 1.54) is 27.8 Å². The summed E-state index contributed by atoms with van der Waals surface area (Å²) in [5, 5.41) is 0. The van der Waals surface area contributed by atoms with Crippen LogP contribution in [-0.4, -0.2) is 0 Å². The molecule has 2 aromatic carbocycles. The fourth-order valence-electron chi connectivity index (χ4n) is 1.93. The summed E-state index contributed by atoms with van der Waals surface area (Å²) in [4.78, 5) is 1.02. The first-order chi connectivity index (χ1) is 7.58. The highest BCUT2D eigenvalue weighted by Crippen LogP contribution is 2.29. The van der Waals surface area contributed by atoms with E-state index >= 15 is 0 Å². The van der Waals surface area contributed by atoms with Crippen molar-refractivity contribution in [3.63, 3.8) is 0 Å². The summed E-state index contributed by atoms with van der Waals surface area (Å²) in [5.41, 5.74) is 6.51. The summed E-state index contributed by atoms with van der Waals surface area (Å²) in [5.74, 6) is 0. The molecule has 0 aliphatic carbocycles. The molecular weight excluding hydrogens is 212 g/mol. The van der Waals surface area contributed by atoms with Crippen LogP contribution in [0.5, 0.6) is 0 Å². The first-order valence-electron chi connectivity index (χ1n) is 5.45. The topological polar surface area (TPSA) is 0 Å². The van der Waals surface area contributed by atoms with E-state index in [0.29, 0.717) is 0 Å². The number of hydrogen-bond donors (Lipinski definition) is 1. The standard InChI is InChI=1S/C15H16S/c1-10-4-5-11(2)14(8-10)15-9-13(16)7-6-12(15)3/h4-9,16H,1-3H3. The monoisotopic (exact) mass is 228 g/mol. The Bertz CT molecular complexity index is 477. The molecule has 0 radical (unpaired) electrons. The summed E-state index contributed by atoms with van der Waals surface area (Å²) in [6.45, 7) is 6.42. The van der Waals surface area contributed by atoms with Crippen molar-refractivity contribution in [3.8, 4) is 11.1 Å². The maximum atomic E-state index is 4.41. The lowest BCUT2D eigenvalue weighted by Crippen LogP contribution is -1.88. The summed E-state index contributed by atoms with van der Waals surface area (Å²) in [6.07, 6.45) is 0. The Balaban J connectivity index is 2.66. The highest BCUT2D eigenvalue weighted by Gasteiger charge is 2.05. The van der Waals surface area contributed by atoms with Gasteiger partial charge in [0.25, 0.3) is 0 Å². The SMILES string of the molecule is Cc1ccc(C)c(-c2cc(S)ccc2C)c1. The van der Waals surface area contributed by atoms with E-state index in [9.17, 15) is 0 Å². The van der Waals surface area contributed by atoms with Gasteiger partial charge in [-0.3, -0.25) is 0 Å². The normalized spacial score (nSPS) is 10.5. The minimum absolute atomic E-state index is 1.02. The lowest BCUT2D eigenvalue weighted by Gasteiger charge is -2.11. The quantitative estimate of drug-likeness (QED) is 0.679. The van der Waals surface area contributed by atoms with Gasteiger partial charge >= 0.3 is 0 Å². The zero-order valence-electron chi connectivity index (χ0n) is 9.91. The van der Waals surface area contributed by atoms with Crippen molar-refractivity contribution in [3.05, 3.63) is 53.1 Å². The van der Waals surface area contributed by atoms with Gasteiger partial charge in [0, 0.05) is 4.90 Å². The van der Waals surface area contributed by atoms with Crippen LogP contribution < -0.4 is 0 Å². The van der Waals surface area contributed by atoms with Gasteiger partial charge in [0.05, 0.1) is 0 Å². The highest BCUT2D eigenvalue weighted by molar-refractivity contribution is 7.80. The zero-order chi connectivity index (χ0) is 11.7. The van der Waals surface area contributed by atoms with Crippen LogP contribution in [0.2, 0.25) is 0 Å². The minimum Gasteiger partial charge on any atom is -0.143 e. The third-order valence-corrected chi connectivity index (χ3v) is 3.18. The average molecular weight is 228 g/mol. The number of benzene rings is 2. The Morgan fingerprint density at radius 3 is 2.00 bits per heavy atom. The van der Waals surface area contributed by atoms with Crippen molar-refractivity contribution in [2.24, 2.45) is 0 Å². The van der Waals surface area contributed by atoms with Crippen molar-refractivity contribution in [1.82, 2.24) is 0 Å². The maximum absolute atomic E-state index is 4.41. The van der Waals surface area contributed by atoms with Gasteiger partial charge in [0.2, 0.25) is 0 Å². The third-order valence-electron chi connectivity index (χ3n) is 2.90. The van der Waals surface area contributed by atoms with E-state index < -0.39 is 0 Å². The zero-order valence-corrected chi connectivity index (χ0v) is 10.8. The van der Waals surface area contributed by atoms with E-state index in [2.05, 4.69) is 63.7 Å². The van der Waals surface area contributed by atoms with Gasteiger partial charge in [0.15, 0.2) is 0 Å². The molecule has 0 atom stereocenters. The Hall–Kier alpha value is -1.21. The van der Waals surface area contributed by atoms with Gasteiger partial charge in [-0.1, -0.05) is 29.8 Å². The molecule has 0 nitrogen and oxygen atoms in total. The molecule has 0 unspecified atom stereocenters. The predicted octanol–water partition coefficient (Wildman–Crippen LogP) is 4.57. The second kappa shape index (κ2) is 4.34. The summed E-state index contributed by atoms with van der Waals surface area (Å²) >= 11 is 4.41. The van der Waals surface area contributed by atoms with Crippen molar-refractivity contribution in [1.29, 1.82) is 0 Å². The van der Waals surface area contributed by atoms with Gasteiger partial charge in [-0.2, -0.15) is 0 Å². The maximum Gasteiger partial charge on any atom is 0.00463 e. The van der Waals surface area contributed by atoms with Crippen molar-refractivity contribution in [2.45, 2.75) is 25.7 Å².